The van der Waals surface area contributed by atoms with Crippen molar-refractivity contribution in [2.75, 3.05) is 46.5 Å². The van der Waals surface area contributed by atoms with E-state index in [-0.39, 0.29) is 6.61 Å². The third-order valence-corrected chi connectivity index (χ3v) is 5.00. The zero-order valence-corrected chi connectivity index (χ0v) is 18.0. The van der Waals surface area contributed by atoms with Crippen molar-refractivity contribution in [1.82, 2.24) is 15.5 Å². The molecule has 30 heavy (non-hydrogen) atoms. The number of halogens is 3. The second kappa shape index (κ2) is 12.1. The van der Waals surface area contributed by atoms with Gasteiger partial charge in [0.2, 0.25) is 0 Å². The number of hydrogen-bond donors (Lipinski definition) is 2. The van der Waals surface area contributed by atoms with Gasteiger partial charge in [-0.3, -0.25) is 9.89 Å². The van der Waals surface area contributed by atoms with Gasteiger partial charge in [0.15, 0.2) is 5.96 Å². The van der Waals surface area contributed by atoms with Gasteiger partial charge in [-0.1, -0.05) is 38.1 Å². The fourth-order valence-electron chi connectivity index (χ4n) is 3.34. The highest BCUT2D eigenvalue weighted by Crippen LogP contribution is 2.16. The first-order valence-electron chi connectivity index (χ1n) is 10.3. The molecule has 0 bridgehead atoms. The molecule has 170 valence electrons. The Bertz CT molecular complexity index is 645. The molecule has 9 heteroatoms. The van der Waals surface area contributed by atoms with Gasteiger partial charge in [0.25, 0.3) is 0 Å². The van der Waals surface area contributed by atoms with Gasteiger partial charge >= 0.3 is 6.18 Å². The summed E-state index contributed by atoms with van der Waals surface area (Å²) in [7, 11) is 1.73. The van der Waals surface area contributed by atoms with Crippen LogP contribution in [-0.2, 0) is 22.6 Å². The Kier molecular flexibility index (Phi) is 9.87. The highest BCUT2D eigenvalue weighted by molar-refractivity contribution is 5.79. The number of alkyl halides is 3. The van der Waals surface area contributed by atoms with Crippen molar-refractivity contribution >= 4 is 5.96 Å². The fourth-order valence-corrected chi connectivity index (χ4v) is 3.34. The average Bonchev–Trinajstić information content (AvgIpc) is 2.71. The van der Waals surface area contributed by atoms with Crippen molar-refractivity contribution in [2.24, 2.45) is 10.9 Å². The van der Waals surface area contributed by atoms with Crippen molar-refractivity contribution in [3.8, 4) is 0 Å². The largest absolute Gasteiger partial charge is 0.411 e. The van der Waals surface area contributed by atoms with Crippen LogP contribution in [0.2, 0.25) is 0 Å². The highest BCUT2D eigenvalue weighted by Gasteiger charge is 2.27. The van der Waals surface area contributed by atoms with E-state index in [9.17, 15) is 13.2 Å². The normalized spacial score (nSPS) is 17.2. The lowest BCUT2D eigenvalue weighted by molar-refractivity contribution is -0.176. The molecular formula is C21H33F3N4O2. The molecule has 1 atom stereocenters. The van der Waals surface area contributed by atoms with Crippen LogP contribution < -0.4 is 10.6 Å². The van der Waals surface area contributed by atoms with E-state index >= 15 is 0 Å². The molecule has 2 rings (SSSR count). The number of aliphatic imine (C=N–C) groups is 1. The smallest absolute Gasteiger partial charge is 0.379 e. The summed E-state index contributed by atoms with van der Waals surface area (Å²) in [4.78, 5) is 6.74. The molecule has 2 N–H and O–H groups in total. The molecule has 0 aliphatic carbocycles. The van der Waals surface area contributed by atoms with Gasteiger partial charge in [-0.05, 0) is 17.0 Å². The van der Waals surface area contributed by atoms with Gasteiger partial charge in [-0.2, -0.15) is 13.2 Å². The van der Waals surface area contributed by atoms with E-state index < -0.39 is 12.8 Å². The molecule has 1 fully saturated rings. The van der Waals surface area contributed by atoms with Crippen molar-refractivity contribution in [3.05, 3.63) is 35.4 Å². The standard InChI is InChI=1S/C21H33F3N4O2/c1-16(2)19(28-8-10-29-11-9-28)13-27-20(25-3)26-12-17-4-6-18(7-5-17)14-30-15-21(22,23)24/h4-7,16,19H,8-15H2,1-3H3,(H2,25,26,27). The molecule has 0 amide bonds. The van der Waals surface area contributed by atoms with E-state index in [1.165, 1.54) is 0 Å². The zero-order valence-electron chi connectivity index (χ0n) is 18.0. The number of nitrogens with zero attached hydrogens (tertiary/aromatic N) is 2. The van der Waals surface area contributed by atoms with Crippen molar-refractivity contribution in [3.63, 3.8) is 0 Å². The first kappa shape index (κ1) is 24.4. The van der Waals surface area contributed by atoms with E-state index in [4.69, 9.17) is 4.74 Å². The van der Waals surface area contributed by atoms with Crippen molar-refractivity contribution < 1.29 is 22.6 Å². The van der Waals surface area contributed by atoms with Gasteiger partial charge in [0.1, 0.15) is 6.61 Å². The van der Waals surface area contributed by atoms with Crippen LogP contribution in [-0.4, -0.2) is 69.6 Å². The van der Waals surface area contributed by atoms with Gasteiger partial charge < -0.3 is 20.1 Å². The summed E-state index contributed by atoms with van der Waals surface area (Å²) in [5, 5.41) is 6.68. The Morgan fingerprint density at radius 1 is 1.13 bits per heavy atom. The van der Waals surface area contributed by atoms with E-state index in [2.05, 4.69) is 39.1 Å². The number of hydrogen-bond acceptors (Lipinski definition) is 4. The first-order chi connectivity index (χ1) is 14.3. The van der Waals surface area contributed by atoms with Gasteiger partial charge in [-0.15, -0.1) is 0 Å². The van der Waals surface area contributed by atoms with Crippen LogP contribution in [0.25, 0.3) is 0 Å². The molecule has 1 heterocycles. The second-order valence-corrected chi connectivity index (χ2v) is 7.69. The number of guanidine groups is 1. The minimum absolute atomic E-state index is 0.0609. The van der Waals surface area contributed by atoms with Crippen LogP contribution in [0.5, 0.6) is 0 Å². The molecule has 0 aromatic heterocycles. The summed E-state index contributed by atoms with van der Waals surface area (Å²) in [6, 6.07) is 7.69. The van der Waals surface area contributed by atoms with Crippen molar-refractivity contribution in [2.45, 2.75) is 39.2 Å². The molecule has 1 aromatic rings. The molecule has 1 aliphatic rings. The van der Waals surface area contributed by atoms with Gasteiger partial charge in [-0.25, -0.2) is 0 Å². The Morgan fingerprint density at radius 2 is 1.77 bits per heavy atom. The predicted octanol–water partition coefficient (Wildman–Crippen LogP) is 2.79. The van der Waals surface area contributed by atoms with E-state index in [1.807, 2.05) is 12.1 Å². The Labute approximate surface area is 176 Å². The Hall–Kier alpha value is -1.84. The quantitative estimate of drug-likeness (QED) is 0.466. The van der Waals surface area contributed by atoms with Gasteiger partial charge in [0.05, 0.1) is 19.8 Å². The molecule has 0 saturated carbocycles. The number of rotatable bonds is 9. The summed E-state index contributed by atoms with van der Waals surface area (Å²) >= 11 is 0. The molecule has 6 nitrogen and oxygen atoms in total. The number of ether oxygens (including phenoxy) is 2. The summed E-state index contributed by atoms with van der Waals surface area (Å²) < 4.78 is 46.5. The minimum atomic E-state index is -4.30. The second-order valence-electron chi connectivity index (χ2n) is 7.69. The maximum atomic E-state index is 12.1. The third kappa shape index (κ3) is 8.89. The number of benzene rings is 1. The van der Waals surface area contributed by atoms with Crippen molar-refractivity contribution in [1.29, 1.82) is 0 Å². The Morgan fingerprint density at radius 3 is 2.33 bits per heavy atom. The van der Waals surface area contributed by atoms with E-state index in [1.54, 1.807) is 19.2 Å². The molecule has 1 aliphatic heterocycles. The summed E-state index contributed by atoms with van der Waals surface area (Å²) in [6.45, 7) is 7.91. The maximum Gasteiger partial charge on any atom is 0.411 e. The molecule has 1 unspecified atom stereocenters. The van der Waals surface area contributed by atoms with Gasteiger partial charge in [0, 0.05) is 39.3 Å². The molecule has 0 radical (unpaired) electrons. The lowest BCUT2D eigenvalue weighted by atomic mass is 10.0. The molecule has 1 saturated heterocycles. The zero-order chi connectivity index (χ0) is 22.0. The van der Waals surface area contributed by atoms with Crippen LogP contribution >= 0.6 is 0 Å². The van der Waals surface area contributed by atoms with E-state index in [0.29, 0.717) is 30.0 Å². The number of morpholine rings is 1. The highest BCUT2D eigenvalue weighted by atomic mass is 19.4. The Balaban J connectivity index is 1.77. The maximum absolute atomic E-state index is 12.1. The third-order valence-electron chi connectivity index (χ3n) is 5.00. The van der Waals surface area contributed by atoms with E-state index in [0.717, 1.165) is 38.4 Å². The predicted molar refractivity (Wildman–Crippen MR) is 111 cm³/mol. The molecular weight excluding hydrogens is 397 g/mol. The lowest BCUT2D eigenvalue weighted by Crippen LogP contribution is -2.52. The summed E-state index contributed by atoms with van der Waals surface area (Å²) in [6.07, 6.45) is -4.30. The number of nitrogens with one attached hydrogen (secondary N) is 2. The van der Waals surface area contributed by atoms with Crippen LogP contribution in [0, 0.1) is 5.92 Å². The SMILES string of the molecule is CN=C(NCc1ccc(COCC(F)(F)F)cc1)NCC(C(C)C)N1CCOCC1. The minimum Gasteiger partial charge on any atom is -0.379 e. The summed E-state index contributed by atoms with van der Waals surface area (Å²) in [5.74, 6) is 1.22. The van der Waals surface area contributed by atoms with Crippen LogP contribution in [0.4, 0.5) is 13.2 Å². The van der Waals surface area contributed by atoms with Crippen LogP contribution in [0.1, 0.15) is 25.0 Å². The fraction of sp³-hybridized carbons (Fsp3) is 0.667. The van der Waals surface area contributed by atoms with Crippen LogP contribution in [0.15, 0.2) is 29.3 Å². The van der Waals surface area contributed by atoms with Crippen LogP contribution in [0.3, 0.4) is 0 Å². The lowest BCUT2D eigenvalue weighted by Gasteiger charge is -2.37. The molecule has 0 spiro atoms. The first-order valence-corrected chi connectivity index (χ1v) is 10.3. The summed E-state index contributed by atoms with van der Waals surface area (Å²) in [5.41, 5.74) is 1.71. The average molecular weight is 431 g/mol. The topological polar surface area (TPSA) is 58.1 Å². The molecule has 1 aromatic carbocycles. The monoisotopic (exact) mass is 430 g/mol.